The standard InChI is InChI=1S/C7H14N2O3S/c1-6-4-9(13(3,11)12)5-7(10)8(6)2/h6H,4-5H2,1-3H3. The second kappa shape index (κ2) is 3.26. The second-order valence-electron chi connectivity index (χ2n) is 3.41. The summed E-state index contributed by atoms with van der Waals surface area (Å²) in [6, 6.07) is -0.0454. The number of likely N-dealkylation sites (N-methyl/N-ethyl adjacent to an activating group) is 1. The first-order valence-corrected chi connectivity index (χ1v) is 5.88. The Kier molecular flexibility index (Phi) is 2.63. The molecule has 0 aromatic carbocycles. The van der Waals surface area contributed by atoms with Gasteiger partial charge in [-0.05, 0) is 6.92 Å². The molecule has 0 spiro atoms. The van der Waals surface area contributed by atoms with Crippen molar-refractivity contribution >= 4 is 15.9 Å². The Morgan fingerprint density at radius 3 is 2.38 bits per heavy atom. The highest BCUT2D eigenvalue weighted by Crippen LogP contribution is 2.10. The molecule has 0 aromatic heterocycles. The van der Waals surface area contributed by atoms with E-state index in [1.807, 2.05) is 6.92 Å². The number of piperazine rings is 1. The highest BCUT2D eigenvalue weighted by Gasteiger charge is 2.31. The molecule has 0 saturated carbocycles. The van der Waals surface area contributed by atoms with Crippen LogP contribution in [0, 0.1) is 0 Å². The summed E-state index contributed by atoms with van der Waals surface area (Å²) in [5.41, 5.74) is 0. The van der Waals surface area contributed by atoms with Crippen molar-refractivity contribution in [1.29, 1.82) is 0 Å². The van der Waals surface area contributed by atoms with Crippen LogP contribution in [0.1, 0.15) is 6.92 Å². The molecule has 0 radical (unpaired) electrons. The quantitative estimate of drug-likeness (QED) is 0.559. The second-order valence-corrected chi connectivity index (χ2v) is 5.39. The zero-order chi connectivity index (χ0) is 10.2. The molecule has 6 heteroatoms. The Morgan fingerprint density at radius 1 is 1.46 bits per heavy atom. The predicted octanol–water partition coefficient (Wildman–Crippen LogP) is -0.891. The molecular weight excluding hydrogens is 192 g/mol. The van der Waals surface area contributed by atoms with Crippen LogP contribution < -0.4 is 0 Å². The number of amides is 1. The third-order valence-corrected chi connectivity index (χ3v) is 3.52. The van der Waals surface area contributed by atoms with Crippen LogP contribution in [0.2, 0.25) is 0 Å². The zero-order valence-electron chi connectivity index (χ0n) is 8.02. The molecule has 1 rings (SSSR count). The lowest BCUT2D eigenvalue weighted by Gasteiger charge is -2.35. The van der Waals surface area contributed by atoms with Crippen LogP contribution in [0.5, 0.6) is 0 Å². The van der Waals surface area contributed by atoms with Crippen LogP contribution in [0.3, 0.4) is 0 Å². The molecule has 0 N–H and O–H groups in total. The monoisotopic (exact) mass is 206 g/mol. The number of hydrogen-bond acceptors (Lipinski definition) is 3. The molecule has 0 aliphatic carbocycles. The predicted molar refractivity (Wildman–Crippen MR) is 48.6 cm³/mol. The molecule has 76 valence electrons. The number of carbonyl (C=O) groups excluding carboxylic acids is 1. The number of sulfonamides is 1. The van der Waals surface area contributed by atoms with Gasteiger partial charge in [0.15, 0.2) is 0 Å². The molecule has 0 bridgehead atoms. The van der Waals surface area contributed by atoms with E-state index < -0.39 is 10.0 Å². The number of carbonyl (C=O) groups is 1. The minimum atomic E-state index is -3.23. The van der Waals surface area contributed by atoms with Crippen molar-refractivity contribution in [3.05, 3.63) is 0 Å². The highest BCUT2D eigenvalue weighted by atomic mass is 32.2. The van der Waals surface area contributed by atoms with Crippen LogP contribution in [0.25, 0.3) is 0 Å². The number of hydrogen-bond donors (Lipinski definition) is 0. The van der Waals surface area contributed by atoms with E-state index in [1.54, 1.807) is 11.9 Å². The van der Waals surface area contributed by atoms with Gasteiger partial charge in [-0.2, -0.15) is 4.31 Å². The number of nitrogens with zero attached hydrogens (tertiary/aromatic N) is 2. The lowest BCUT2D eigenvalue weighted by atomic mass is 10.2. The Balaban J connectivity index is 2.81. The molecule has 1 aliphatic heterocycles. The Hall–Kier alpha value is -0.620. The zero-order valence-corrected chi connectivity index (χ0v) is 8.84. The maximum Gasteiger partial charge on any atom is 0.237 e. The highest BCUT2D eigenvalue weighted by molar-refractivity contribution is 7.88. The van der Waals surface area contributed by atoms with Crippen molar-refractivity contribution in [2.45, 2.75) is 13.0 Å². The topological polar surface area (TPSA) is 57.7 Å². The van der Waals surface area contributed by atoms with Gasteiger partial charge >= 0.3 is 0 Å². The van der Waals surface area contributed by atoms with Gasteiger partial charge in [-0.1, -0.05) is 0 Å². The number of rotatable bonds is 1. The fourth-order valence-corrected chi connectivity index (χ4v) is 2.07. The molecule has 1 fully saturated rings. The van der Waals surface area contributed by atoms with E-state index in [0.29, 0.717) is 6.54 Å². The summed E-state index contributed by atoms with van der Waals surface area (Å²) in [5.74, 6) is -0.149. The third kappa shape index (κ3) is 2.19. The summed E-state index contributed by atoms with van der Waals surface area (Å²) in [7, 11) is -1.54. The summed E-state index contributed by atoms with van der Waals surface area (Å²) >= 11 is 0. The molecule has 13 heavy (non-hydrogen) atoms. The molecule has 1 saturated heterocycles. The first kappa shape index (κ1) is 10.5. The van der Waals surface area contributed by atoms with E-state index in [0.717, 1.165) is 6.26 Å². The van der Waals surface area contributed by atoms with E-state index in [1.165, 1.54) is 4.31 Å². The third-order valence-electron chi connectivity index (χ3n) is 2.30. The van der Waals surface area contributed by atoms with Crippen molar-refractivity contribution in [3.63, 3.8) is 0 Å². The maximum atomic E-state index is 11.3. The largest absolute Gasteiger partial charge is 0.341 e. The van der Waals surface area contributed by atoms with E-state index in [9.17, 15) is 13.2 Å². The summed E-state index contributed by atoms with van der Waals surface area (Å²) in [6.45, 7) is 2.19. The van der Waals surface area contributed by atoms with E-state index in [-0.39, 0.29) is 18.5 Å². The van der Waals surface area contributed by atoms with Crippen LogP contribution in [0.4, 0.5) is 0 Å². The average Bonchev–Trinajstić information content (AvgIpc) is 1.97. The molecule has 1 amide bonds. The Morgan fingerprint density at radius 2 is 2.00 bits per heavy atom. The molecule has 1 unspecified atom stereocenters. The molecule has 1 aliphatic rings. The van der Waals surface area contributed by atoms with Gasteiger partial charge in [0, 0.05) is 19.6 Å². The Labute approximate surface area is 78.4 Å². The van der Waals surface area contributed by atoms with Gasteiger partial charge in [-0.25, -0.2) is 8.42 Å². The van der Waals surface area contributed by atoms with Crippen molar-refractivity contribution in [1.82, 2.24) is 9.21 Å². The molecule has 1 atom stereocenters. The van der Waals surface area contributed by atoms with Gasteiger partial charge in [0.25, 0.3) is 0 Å². The first-order valence-electron chi connectivity index (χ1n) is 4.03. The smallest absolute Gasteiger partial charge is 0.237 e. The first-order chi connectivity index (χ1) is 5.82. The van der Waals surface area contributed by atoms with Crippen molar-refractivity contribution in [2.24, 2.45) is 0 Å². The summed E-state index contributed by atoms with van der Waals surface area (Å²) in [6.07, 6.45) is 1.12. The summed E-state index contributed by atoms with van der Waals surface area (Å²) in [5, 5.41) is 0. The fraction of sp³-hybridized carbons (Fsp3) is 0.857. The van der Waals surface area contributed by atoms with Crippen LogP contribution in [-0.2, 0) is 14.8 Å². The minimum absolute atomic E-state index is 0.0281. The summed E-state index contributed by atoms with van der Waals surface area (Å²) in [4.78, 5) is 12.9. The minimum Gasteiger partial charge on any atom is -0.341 e. The Bertz CT molecular complexity index is 312. The van der Waals surface area contributed by atoms with E-state index in [4.69, 9.17) is 0 Å². The van der Waals surface area contributed by atoms with Crippen LogP contribution in [-0.4, -0.2) is 56.0 Å². The van der Waals surface area contributed by atoms with Gasteiger partial charge in [-0.3, -0.25) is 4.79 Å². The van der Waals surface area contributed by atoms with Crippen molar-refractivity contribution in [2.75, 3.05) is 26.4 Å². The van der Waals surface area contributed by atoms with Crippen molar-refractivity contribution in [3.8, 4) is 0 Å². The SMILES string of the molecule is CC1CN(S(C)(=O)=O)CC(=O)N1C. The molecular formula is C7H14N2O3S. The van der Waals surface area contributed by atoms with Gasteiger partial charge in [0.05, 0.1) is 12.8 Å². The van der Waals surface area contributed by atoms with Crippen LogP contribution in [0.15, 0.2) is 0 Å². The van der Waals surface area contributed by atoms with Crippen molar-refractivity contribution < 1.29 is 13.2 Å². The van der Waals surface area contributed by atoms with Gasteiger partial charge in [0.1, 0.15) is 0 Å². The lowest BCUT2D eigenvalue weighted by molar-refractivity contribution is -0.135. The van der Waals surface area contributed by atoms with Gasteiger partial charge in [-0.15, -0.1) is 0 Å². The molecule has 0 aromatic rings. The van der Waals surface area contributed by atoms with E-state index >= 15 is 0 Å². The normalized spacial score (nSPS) is 26.5. The summed E-state index contributed by atoms with van der Waals surface area (Å²) < 4.78 is 23.5. The molecule has 1 heterocycles. The van der Waals surface area contributed by atoms with Gasteiger partial charge < -0.3 is 4.90 Å². The molecule has 5 nitrogen and oxygen atoms in total. The fourth-order valence-electron chi connectivity index (χ4n) is 1.24. The average molecular weight is 206 g/mol. The lowest BCUT2D eigenvalue weighted by Crippen LogP contribution is -2.54. The van der Waals surface area contributed by atoms with E-state index in [2.05, 4.69) is 0 Å². The van der Waals surface area contributed by atoms with Crippen LogP contribution >= 0.6 is 0 Å². The maximum absolute atomic E-state index is 11.3. The van der Waals surface area contributed by atoms with Gasteiger partial charge in [0.2, 0.25) is 15.9 Å².